The number of nitrogens with zero attached hydrogens (tertiary/aromatic N) is 1. The van der Waals surface area contributed by atoms with Crippen LogP contribution in [0, 0.1) is 0 Å². The van der Waals surface area contributed by atoms with E-state index in [9.17, 15) is 14.7 Å². The Kier molecular flexibility index (Phi) is 6.53. The van der Waals surface area contributed by atoms with Gasteiger partial charge in [-0.25, -0.2) is 4.98 Å². The van der Waals surface area contributed by atoms with Crippen molar-refractivity contribution >= 4 is 40.0 Å². The lowest BCUT2D eigenvalue weighted by atomic mass is 10.0. The highest BCUT2D eigenvalue weighted by molar-refractivity contribution is 6.42. The van der Waals surface area contributed by atoms with Crippen molar-refractivity contribution in [2.75, 3.05) is 7.11 Å². The van der Waals surface area contributed by atoms with Crippen molar-refractivity contribution in [1.82, 2.24) is 15.3 Å². The number of H-pyrrole nitrogens is 1. The number of methoxy groups -OCH3 is 1. The van der Waals surface area contributed by atoms with E-state index >= 15 is 0 Å². The van der Waals surface area contributed by atoms with Gasteiger partial charge in [0.25, 0.3) is 11.5 Å². The molecule has 4 rings (SSSR count). The molecule has 9 heteroatoms. The van der Waals surface area contributed by atoms with Gasteiger partial charge in [0.2, 0.25) is 5.88 Å². The third kappa shape index (κ3) is 4.94. The number of aromatic nitrogens is 2. The van der Waals surface area contributed by atoms with Crippen molar-refractivity contribution in [2.45, 2.75) is 13.0 Å². The molecule has 0 fully saturated rings. The quantitative estimate of drug-likeness (QED) is 0.375. The predicted octanol–water partition coefficient (Wildman–Crippen LogP) is 4.46. The fourth-order valence-electron chi connectivity index (χ4n) is 3.40. The van der Waals surface area contributed by atoms with Gasteiger partial charge in [-0.1, -0.05) is 35.3 Å². The number of aromatic hydroxyl groups is 1. The molecule has 0 radical (unpaired) electrons. The molecule has 0 saturated heterocycles. The number of hydrogen-bond donors (Lipinski definition) is 3. The second-order valence-corrected chi connectivity index (χ2v) is 8.17. The SMILES string of the molecule is COc1ccc(CNC(=O)c2ccc3[nH]c(=O)c(Cc4ccc(Cl)c(Cl)c4)c(O)c3c2)cn1. The number of fused-ring (bicyclic) bond motifs is 1. The molecule has 2 heterocycles. The third-order valence-electron chi connectivity index (χ3n) is 5.17. The summed E-state index contributed by atoms with van der Waals surface area (Å²) in [7, 11) is 1.53. The van der Waals surface area contributed by atoms with Gasteiger partial charge in [0, 0.05) is 36.2 Å². The van der Waals surface area contributed by atoms with Gasteiger partial charge in [-0.05, 0) is 41.5 Å². The van der Waals surface area contributed by atoms with E-state index in [0.717, 1.165) is 5.56 Å². The zero-order valence-corrected chi connectivity index (χ0v) is 19.0. The number of carbonyl (C=O) groups is 1. The number of carbonyl (C=O) groups excluding carboxylic acids is 1. The lowest BCUT2D eigenvalue weighted by Gasteiger charge is -2.10. The molecule has 0 aliphatic heterocycles. The van der Waals surface area contributed by atoms with Gasteiger partial charge < -0.3 is 20.1 Å². The summed E-state index contributed by atoms with van der Waals surface area (Å²) in [4.78, 5) is 32.1. The topological polar surface area (TPSA) is 104 Å². The van der Waals surface area contributed by atoms with E-state index in [0.29, 0.717) is 38.0 Å². The highest BCUT2D eigenvalue weighted by Gasteiger charge is 2.15. The van der Waals surface area contributed by atoms with E-state index in [1.54, 1.807) is 54.7 Å². The molecule has 7 nitrogen and oxygen atoms in total. The lowest BCUT2D eigenvalue weighted by Crippen LogP contribution is -2.23. The molecule has 4 aromatic rings. The minimum atomic E-state index is -0.421. The molecule has 0 aliphatic carbocycles. The molecule has 2 aromatic heterocycles. The molecular weight excluding hydrogens is 465 g/mol. The maximum absolute atomic E-state index is 12.7. The normalized spacial score (nSPS) is 10.9. The summed E-state index contributed by atoms with van der Waals surface area (Å²) in [5.74, 6) is -0.0288. The van der Waals surface area contributed by atoms with Crippen LogP contribution in [-0.4, -0.2) is 28.1 Å². The molecule has 0 atom stereocenters. The number of benzene rings is 2. The Bertz CT molecular complexity index is 1400. The van der Waals surface area contributed by atoms with Crippen molar-refractivity contribution in [2.24, 2.45) is 0 Å². The van der Waals surface area contributed by atoms with Gasteiger partial charge in [0.15, 0.2) is 0 Å². The molecular formula is C24H19Cl2N3O4. The summed E-state index contributed by atoms with van der Waals surface area (Å²) in [6.45, 7) is 0.272. The molecule has 0 aliphatic rings. The first kappa shape index (κ1) is 22.6. The summed E-state index contributed by atoms with van der Waals surface area (Å²) in [6, 6.07) is 13.2. The molecule has 0 saturated carbocycles. The van der Waals surface area contributed by atoms with Gasteiger partial charge in [0.05, 0.1) is 28.2 Å². The Morgan fingerprint density at radius 3 is 2.58 bits per heavy atom. The second kappa shape index (κ2) is 9.52. The van der Waals surface area contributed by atoms with Crippen molar-refractivity contribution in [3.8, 4) is 11.6 Å². The van der Waals surface area contributed by atoms with E-state index in [1.165, 1.54) is 7.11 Å². The summed E-state index contributed by atoms with van der Waals surface area (Å²) in [6.07, 6.45) is 1.76. The Labute approximate surface area is 199 Å². The van der Waals surface area contributed by atoms with Crippen LogP contribution < -0.4 is 15.6 Å². The average Bonchev–Trinajstić information content (AvgIpc) is 2.82. The molecule has 33 heavy (non-hydrogen) atoms. The Morgan fingerprint density at radius 1 is 1.09 bits per heavy atom. The number of rotatable bonds is 6. The van der Waals surface area contributed by atoms with Gasteiger partial charge >= 0.3 is 0 Å². The highest BCUT2D eigenvalue weighted by atomic mass is 35.5. The largest absolute Gasteiger partial charge is 0.507 e. The predicted molar refractivity (Wildman–Crippen MR) is 127 cm³/mol. The molecule has 0 unspecified atom stereocenters. The van der Waals surface area contributed by atoms with E-state index in [4.69, 9.17) is 27.9 Å². The van der Waals surface area contributed by atoms with Crippen LogP contribution in [-0.2, 0) is 13.0 Å². The van der Waals surface area contributed by atoms with Crippen LogP contribution in [0.15, 0.2) is 59.5 Å². The first-order chi connectivity index (χ1) is 15.9. The minimum Gasteiger partial charge on any atom is -0.507 e. The smallest absolute Gasteiger partial charge is 0.255 e. The van der Waals surface area contributed by atoms with Crippen LogP contribution in [0.5, 0.6) is 11.6 Å². The molecule has 0 spiro atoms. The van der Waals surface area contributed by atoms with Crippen molar-refractivity contribution in [3.05, 3.63) is 97.4 Å². The number of aromatic amines is 1. The fourth-order valence-corrected chi connectivity index (χ4v) is 3.72. The number of amides is 1. The van der Waals surface area contributed by atoms with Crippen LogP contribution >= 0.6 is 23.2 Å². The Morgan fingerprint density at radius 2 is 1.88 bits per heavy atom. The lowest BCUT2D eigenvalue weighted by molar-refractivity contribution is 0.0951. The monoisotopic (exact) mass is 483 g/mol. The average molecular weight is 484 g/mol. The summed E-state index contributed by atoms with van der Waals surface area (Å²) < 4.78 is 5.02. The van der Waals surface area contributed by atoms with Crippen molar-refractivity contribution in [3.63, 3.8) is 0 Å². The van der Waals surface area contributed by atoms with Gasteiger partial charge in [-0.15, -0.1) is 0 Å². The Hall–Kier alpha value is -3.55. The summed E-state index contributed by atoms with van der Waals surface area (Å²) in [5.41, 5.74) is 2.03. The highest BCUT2D eigenvalue weighted by Crippen LogP contribution is 2.29. The zero-order valence-electron chi connectivity index (χ0n) is 17.5. The van der Waals surface area contributed by atoms with E-state index in [1.807, 2.05) is 0 Å². The maximum atomic E-state index is 12.7. The van der Waals surface area contributed by atoms with Crippen molar-refractivity contribution < 1.29 is 14.6 Å². The number of halogens is 2. The van der Waals surface area contributed by atoms with Crippen LogP contribution in [0.1, 0.15) is 27.0 Å². The molecule has 168 valence electrons. The maximum Gasteiger partial charge on any atom is 0.255 e. The minimum absolute atomic E-state index is 0.148. The van der Waals surface area contributed by atoms with Crippen LogP contribution in [0.25, 0.3) is 10.9 Å². The molecule has 2 aromatic carbocycles. The van der Waals surface area contributed by atoms with Crippen LogP contribution in [0.4, 0.5) is 0 Å². The Balaban J connectivity index is 1.59. The third-order valence-corrected chi connectivity index (χ3v) is 5.91. The van der Waals surface area contributed by atoms with E-state index < -0.39 is 5.56 Å². The first-order valence-corrected chi connectivity index (χ1v) is 10.7. The zero-order chi connectivity index (χ0) is 23.5. The summed E-state index contributed by atoms with van der Waals surface area (Å²) in [5, 5.41) is 14.8. The van der Waals surface area contributed by atoms with E-state index in [2.05, 4.69) is 15.3 Å². The fraction of sp³-hybridized carbons (Fsp3) is 0.125. The van der Waals surface area contributed by atoms with Crippen LogP contribution in [0.3, 0.4) is 0 Å². The second-order valence-electron chi connectivity index (χ2n) is 7.36. The summed E-state index contributed by atoms with van der Waals surface area (Å²) >= 11 is 12.0. The standard InChI is InChI=1S/C24H19Cl2N3O4/c1-33-21-7-3-14(11-27-21)12-28-23(31)15-4-6-20-16(10-15)22(30)17(24(32)29-20)8-13-2-5-18(25)19(26)9-13/h2-7,9-11H,8,12H2,1H3,(H,28,31)(H2,29,30,32). The number of pyridine rings is 2. The number of hydrogen-bond acceptors (Lipinski definition) is 5. The molecule has 3 N–H and O–H groups in total. The first-order valence-electron chi connectivity index (χ1n) is 9.94. The van der Waals surface area contributed by atoms with Gasteiger partial charge in [-0.3, -0.25) is 9.59 Å². The van der Waals surface area contributed by atoms with Gasteiger partial charge in [0.1, 0.15) is 5.75 Å². The molecule has 1 amide bonds. The molecule has 0 bridgehead atoms. The van der Waals surface area contributed by atoms with E-state index in [-0.39, 0.29) is 30.2 Å². The number of ether oxygens (including phenoxy) is 1. The van der Waals surface area contributed by atoms with Gasteiger partial charge in [-0.2, -0.15) is 0 Å². The van der Waals surface area contributed by atoms with Crippen LogP contribution in [0.2, 0.25) is 10.0 Å². The van der Waals surface area contributed by atoms with Crippen molar-refractivity contribution in [1.29, 1.82) is 0 Å². The number of nitrogens with one attached hydrogen (secondary N) is 2.